The molecule has 0 atom stereocenters. The molecule has 8 nitrogen and oxygen atoms in total. The second-order valence-electron chi connectivity index (χ2n) is 6.08. The van der Waals surface area contributed by atoms with Gasteiger partial charge in [-0.05, 0) is 23.7 Å². The SMILES string of the molecule is CNS(=O)(=O)Cc1ccc(CNC(=O)CNC(=O)NCc2ccccc2)cc1. The van der Waals surface area contributed by atoms with Crippen LogP contribution >= 0.6 is 0 Å². The van der Waals surface area contributed by atoms with E-state index < -0.39 is 16.1 Å². The number of carbonyl (C=O) groups excluding carboxylic acids is 2. The number of amides is 3. The zero-order valence-corrected chi connectivity index (χ0v) is 16.4. The summed E-state index contributed by atoms with van der Waals surface area (Å²) in [5.41, 5.74) is 2.45. The first-order valence-electron chi connectivity index (χ1n) is 8.69. The van der Waals surface area contributed by atoms with E-state index in [9.17, 15) is 18.0 Å². The summed E-state index contributed by atoms with van der Waals surface area (Å²) >= 11 is 0. The molecule has 0 spiro atoms. The van der Waals surface area contributed by atoms with Crippen LogP contribution in [0.15, 0.2) is 54.6 Å². The first-order valence-corrected chi connectivity index (χ1v) is 10.3. The summed E-state index contributed by atoms with van der Waals surface area (Å²) in [6.07, 6.45) is 0. The van der Waals surface area contributed by atoms with E-state index in [-0.39, 0.29) is 24.7 Å². The summed E-state index contributed by atoms with van der Waals surface area (Å²) in [4.78, 5) is 23.6. The van der Waals surface area contributed by atoms with Crippen LogP contribution in [0.3, 0.4) is 0 Å². The van der Waals surface area contributed by atoms with E-state index in [0.29, 0.717) is 12.1 Å². The minimum atomic E-state index is -3.32. The maximum atomic E-state index is 11.8. The third-order valence-electron chi connectivity index (χ3n) is 3.89. The van der Waals surface area contributed by atoms with Crippen LogP contribution in [-0.4, -0.2) is 33.9 Å². The Balaban J connectivity index is 1.68. The molecule has 0 bridgehead atoms. The molecule has 0 radical (unpaired) electrons. The number of sulfonamides is 1. The van der Waals surface area contributed by atoms with Gasteiger partial charge in [0.25, 0.3) is 0 Å². The Morgan fingerprint density at radius 3 is 2.00 bits per heavy atom. The Morgan fingerprint density at radius 1 is 0.786 bits per heavy atom. The van der Waals surface area contributed by atoms with Crippen molar-refractivity contribution in [3.05, 3.63) is 71.3 Å². The number of hydrogen-bond acceptors (Lipinski definition) is 4. The van der Waals surface area contributed by atoms with Crippen molar-refractivity contribution in [2.45, 2.75) is 18.8 Å². The van der Waals surface area contributed by atoms with E-state index >= 15 is 0 Å². The van der Waals surface area contributed by atoms with Gasteiger partial charge >= 0.3 is 6.03 Å². The molecule has 150 valence electrons. The minimum absolute atomic E-state index is 0.0991. The van der Waals surface area contributed by atoms with E-state index in [1.807, 2.05) is 30.3 Å². The normalized spacial score (nSPS) is 10.9. The molecule has 0 aromatic heterocycles. The Labute approximate surface area is 164 Å². The van der Waals surface area contributed by atoms with Crippen molar-refractivity contribution in [2.75, 3.05) is 13.6 Å². The van der Waals surface area contributed by atoms with Crippen molar-refractivity contribution in [1.82, 2.24) is 20.7 Å². The number of urea groups is 1. The first-order chi connectivity index (χ1) is 13.4. The van der Waals surface area contributed by atoms with Gasteiger partial charge in [0.2, 0.25) is 15.9 Å². The van der Waals surface area contributed by atoms with E-state index in [1.165, 1.54) is 7.05 Å². The molecule has 4 N–H and O–H groups in total. The standard InChI is InChI=1S/C19H24N4O4S/c1-20-28(26,27)14-17-9-7-16(8-10-17)11-21-18(24)13-23-19(25)22-12-15-5-3-2-4-6-15/h2-10,20H,11-14H2,1H3,(H,21,24)(H2,22,23,25). The van der Waals surface area contributed by atoms with Gasteiger partial charge in [-0.25, -0.2) is 17.9 Å². The third-order valence-corrected chi connectivity index (χ3v) is 5.22. The van der Waals surface area contributed by atoms with Gasteiger partial charge in [0.1, 0.15) is 0 Å². The molecule has 0 saturated carbocycles. The predicted octanol–water partition coefficient (Wildman–Crippen LogP) is 0.851. The molecule has 0 unspecified atom stereocenters. The van der Waals surface area contributed by atoms with Gasteiger partial charge in [-0.2, -0.15) is 0 Å². The molecule has 0 heterocycles. The van der Waals surface area contributed by atoms with Crippen molar-refractivity contribution >= 4 is 22.0 Å². The topological polar surface area (TPSA) is 116 Å². The van der Waals surface area contributed by atoms with Crippen molar-refractivity contribution in [2.24, 2.45) is 0 Å². The molecule has 0 saturated heterocycles. The molecule has 0 aliphatic heterocycles. The van der Waals surface area contributed by atoms with Crippen LogP contribution in [0.25, 0.3) is 0 Å². The molecule has 0 aliphatic carbocycles. The molecule has 0 fully saturated rings. The summed E-state index contributed by atoms with van der Waals surface area (Å²) in [6.45, 7) is 0.522. The number of hydrogen-bond donors (Lipinski definition) is 4. The van der Waals surface area contributed by atoms with E-state index in [2.05, 4.69) is 20.7 Å². The third kappa shape index (κ3) is 7.77. The second kappa shape index (κ2) is 10.4. The van der Waals surface area contributed by atoms with E-state index in [4.69, 9.17) is 0 Å². The monoisotopic (exact) mass is 404 g/mol. The highest BCUT2D eigenvalue weighted by atomic mass is 32.2. The molecule has 2 rings (SSSR count). The van der Waals surface area contributed by atoms with Crippen molar-refractivity contribution < 1.29 is 18.0 Å². The fraction of sp³-hybridized carbons (Fsp3) is 0.263. The van der Waals surface area contributed by atoms with Crippen molar-refractivity contribution in [3.8, 4) is 0 Å². The lowest BCUT2D eigenvalue weighted by Crippen LogP contribution is -2.41. The van der Waals surface area contributed by atoms with Crippen LogP contribution in [0.1, 0.15) is 16.7 Å². The average Bonchev–Trinajstić information content (AvgIpc) is 2.70. The number of rotatable bonds is 9. The van der Waals surface area contributed by atoms with Crippen molar-refractivity contribution in [3.63, 3.8) is 0 Å². The van der Waals surface area contributed by atoms with Gasteiger partial charge in [0.15, 0.2) is 0 Å². The predicted molar refractivity (Wildman–Crippen MR) is 107 cm³/mol. The highest BCUT2D eigenvalue weighted by molar-refractivity contribution is 7.88. The number of nitrogens with one attached hydrogen (secondary N) is 4. The maximum Gasteiger partial charge on any atom is 0.315 e. The fourth-order valence-electron chi connectivity index (χ4n) is 2.31. The van der Waals surface area contributed by atoms with Gasteiger partial charge in [0, 0.05) is 13.1 Å². The molecule has 3 amide bonds. The lowest BCUT2D eigenvalue weighted by Gasteiger charge is -2.09. The summed E-state index contributed by atoms with van der Waals surface area (Å²) in [5, 5.41) is 7.86. The average molecular weight is 404 g/mol. The molecule has 2 aromatic carbocycles. The Kier molecular flexibility index (Phi) is 7.97. The lowest BCUT2D eigenvalue weighted by atomic mass is 10.1. The first kappa shape index (κ1) is 21.4. The number of carbonyl (C=O) groups is 2. The number of benzene rings is 2. The quantitative estimate of drug-likeness (QED) is 0.496. The molecule has 28 heavy (non-hydrogen) atoms. The van der Waals surface area contributed by atoms with Gasteiger partial charge < -0.3 is 16.0 Å². The highest BCUT2D eigenvalue weighted by Gasteiger charge is 2.09. The molecule has 0 aliphatic rings. The molecular formula is C19H24N4O4S. The zero-order valence-electron chi connectivity index (χ0n) is 15.6. The van der Waals surface area contributed by atoms with Crippen LogP contribution in [0.2, 0.25) is 0 Å². The van der Waals surface area contributed by atoms with Gasteiger partial charge in [-0.3, -0.25) is 4.79 Å². The summed E-state index contributed by atoms with van der Waals surface area (Å²) in [7, 11) is -1.94. The van der Waals surface area contributed by atoms with Gasteiger partial charge in [-0.1, -0.05) is 54.6 Å². The van der Waals surface area contributed by atoms with Gasteiger partial charge in [0.05, 0.1) is 12.3 Å². The maximum absolute atomic E-state index is 11.8. The Morgan fingerprint density at radius 2 is 1.36 bits per heavy atom. The molecular weight excluding hydrogens is 380 g/mol. The summed E-state index contributed by atoms with van der Waals surface area (Å²) < 4.78 is 25.3. The van der Waals surface area contributed by atoms with Gasteiger partial charge in [-0.15, -0.1) is 0 Å². The molecule has 2 aromatic rings. The minimum Gasteiger partial charge on any atom is -0.350 e. The summed E-state index contributed by atoms with van der Waals surface area (Å²) in [5.74, 6) is -0.422. The van der Waals surface area contributed by atoms with Crippen LogP contribution < -0.4 is 20.7 Å². The van der Waals surface area contributed by atoms with Crippen molar-refractivity contribution in [1.29, 1.82) is 0 Å². The van der Waals surface area contributed by atoms with E-state index in [0.717, 1.165) is 11.1 Å². The van der Waals surface area contributed by atoms with Crippen LogP contribution in [0, 0.1) is 0 Å². The summed E-state index contributed by atoms with van der Waals surface area (Å²) in [6, 6.07) is 15.9. The Hall–Kier alpha value is -2.91. The Bertz CT molecular complexity index is 884. The smallest absolute Gasteiger partial charge is 0.315 e. The van der Waals surface area contributed by atoms with Crippen LogP contribution in [0.4, 0.5) is 4.79 Å². The van der Waals surface area contributed by atoms with Crippen LogP contribution in [0.5, 0.6) is 0 Å². The highest BCUT2D eigenvalue weighted by Crippen LogP contribution is 2.07. The molecule has 9 heteroatoms. The fourth-order valence-corrected chi connectivity index (χ4v) is 3.08. The lowest BCUT2D eigenvalue weighted by molar-refractivity contribution is -0.120. The largest absolute Gasteiger partial charge is 0.350 e. The second-order valence-corrected chi connectivity index (χ2v) is 8.00. The van der Waals surface area contributed by atoms with Crippen LogP contribution in [-0.2, 0) is 33.7 Å². The zero-order chi connectivity index (χ0) is 20.4. The van der Waals surface area contributed by atoms with E-state index in [1.54, 1.807) is 24.3 Å².